The zero-order valence-electron chi connectivity index (χ0n) is 44.5. The molecule has 0 radical (unpaired) electrons. The number of fused-ring (bicyclic) bond motifs is 12. The van der Waals surface area contributed by atoms with E-state index in [0.717, 1.165) is 106 Å². The summed E-state index contributed by atoms with van der Waals surface area (Å²) in [7, 11) is 0. The fourth-order valence-corrected chi connectivity index (χ4v) is 10.0. The Balaban J connectivity index is 0.00000640. The van der Waals surface area contributed by atoms with E-state index in [1.165, 1.54) is 0 Å². The van der Waals surface area contributed by atoms with Crippen LogP contribution < -0.4 is 0 Å². The Morgan fingerprint density at radius 3 is 1.99 bits per heavy atom. The normalized spacial score (nSPS) is 13.9. The molecule has 4 nitrogen and oxygen atoms in total. The van der Waals surface area contributed by atoms with Crippen molar-refractivity contribution in [2.75, 3.05) is 0 Å². The molecule has 1 aliphatic rings. The van der Waals surface area contributed by atoms with Crippen molar-refractivity contribution in [3.63, 3.8) is 0 Å². The molecule has 6 bridgehead atoms. The zero-order chi connectivity index (χ0) is 50.6. The van der Waals surface area contributed by atoms with E-state index >= 15 is 0 Å². The molecular formula is C65H64N3OPt-. The second-order valence-corrected chi connectivity index (χ2v) is 22.1. The summed E-state index contributed by atoms with van der Waals surface area (Å²) in [4.78, 5) is 10.7. The van der Waals surface area contributed by atoms with Crippen molar-refractivity contribution < 1.29 is 28.9 Å². The molecule has 356 valence electrons. The maximum absolute atomic E-state index is 12.8. The maximum Gasteiger partial charge on any atom is 0.148 e. The predicted octanol–water partition coefficient (Wildman–Crippen LogP) is 17.4. The first kappa shape index (κ1) is 46.1. The summed E-state index contributed by atoms with van der Waals surface area (Å²) in [6, 6.07) is 55.2. The number of imidazole rings is 1. The van der Waals surface area contributed by atoms with Crippen LogP contribution in [0.25, 0.3) is 83.9 Å². The molecule has 0 spiro atoms. The summed E-state index contributed by atoms with van der Waals surface area (Å²) in [5, 5.41) is 12.8. The third-order valence-electron chi connectivity index (χ3n) is 14.3. The molecule has 1 N–H and O–H groups in total. The van der Waals surface area contributed by atoms with Gasteiger partial charge in [0.2, 0.25) is 0 Å². The molecule has 0 fully saturated rings. The number of pyridine rings is 1. The molecule has 2 aromatic heterocycles. The molecule has 0 atom stereocenters. The number of hydrogen-bond donors (Lipinski definition) is 1. The van der Waals surface area contributed by atoms with Crippen LogP contribution in [0.15, 0.2) is 152 Å². The molecule has 0 unspecified atom stereocenters. The van der Waals surface area contributed by atoms with E-state index in [9.17, 15) is 6.48 Å². The van der Waals surface area contributed by atoms with Gasteiger partial charge in [-0.1, -0.05) is 197 Å². The van der Waals surface area contributed by atoms with Crippen LogP contribution in [0.1, 0.15) is 131 Å². The van der Waals surface area contributed by atoms with Crippen LogP contribution in [0.4, 0.5) is 0 Å². The first-order chi connectivity index (χ1) is 33.4. The van der Waals surface area contributed by atoms with Gasteiger partial charge in [0.15, 0.2) is 0 Å². The number of rotatable bonds is 6. The molecule has 70 heavy (non-hydrogen) atoms. The van der Waals surface area contributed by atoms with Crippen molar-refractivity contribution in [3.05, 3.63) is 191 Å². The maximum atomic E-state index is 12.8. The third kappa shape index (κ3) is 8.68. The second-order valence-electron chi connectivity index (χ2n) is 22.1. The minimum absolute atomic E-state index is 0. The Hall–Kier alpha value is -6.35. The number of phenols is 1. The largest absolute Gasteiger partial charge is 0.507 e. The standard InChI is InChI=1S/C65H64N3O.Pt/c1-39(2)41-24-26-42(27-25-41)44-28-29-66-57(34-44)47-30-46(32-49(33-47)63(5,6)7)51-22-17-23-58-60(51)67-62-55-35-50(36-56(61(55)69)64(8,9)10)65(11,12)48-21-16-20-45(31-48)53-38-59(68(58)62)54(37-52(53)40(3)4)43-18-14-13-15-19-43;/h13-29,31-40,69H,1-12H3;/q-1;/i39D,40D;. The van der Waals surface area contributed by atoms with Crippen molar-refractivity contribution in [1.29, 1.82) is 0 Å². The average molecular weight is 1100 g/mol. The fourth-order valence-electron chi connectivity index (χ4n) is 10.0. The number of hydrogen-bond acceptors (Lipinski definition) is 3. The van der Waals surface area contributed by atoms with E-state index in [1.807, 2.05) is 58.2 Å². The van der Waals surface area contributed by atoms with Gasteiger partial charge < -0.3 is 5.11 Å². The van der Waals surface area contributed by atoms with Crippen LogP contribution in [0.2, 0.25) is 0 Å². The first-order valence-electron chi connectivity index (χ1n) is 25.3. The van der Waals surface area contributed by atoms with Gasteiger partial charge in [-0.05, 0) is 103 Å². The molecule has 1 aliphatic heterocycles. The van der Waals surface area contributed by atoms with Gasteiger partial charge in [0.25, 0.3) is 0 Å². The second kappa shape index (κ2) is 18.1. The van der Waals surface area contributed by atoms with Crippen LogP contribution in [-0.4, -0.2) is 19.6 Å². The molecule has 9 aromatic rings. The summed E-state index contributed by atoms with van der Waals surface area (Å²) in [5.41, 5.74) is 17.8. The summed E-state index contributed by atoms with van der Waals surface area (Å²) in [6.45, 7) is 25.5. The fraction of sp³-hybridized carbons (Fsp3) is 0.262. The topological polar surface area (TPSA) is 50.9 Å². The Morgan fingerprint density at radius 1 is 0.600 bits per heavy atom. The number of aromatic hydroxyl groups is 1. The van der Waals surface area contributed by atoms with Crippen LogP contribution in [0.5, 0.6) is 5.75 Å². The Labute approximate surface area is 433 Å². The van der Waals surface area contributed by atoms with Gasteiger partial charge in [-0.15, -0.1) is 29.3 Å². The van der Waals surface area contributed by atoms with E-state index < -0.39 is 22.6 Å². The third-order valence-corrected chi connectivity index (χ3v) is 14.3. The summed E-state index contributed by atoms with van der Waals surface area (Å²) in [6.07, 6.45) is 1.87. The van der Waals surface area contributed by atoms with Gasteiger partial charge in [0.1, 0.15) is 11.6 Å². The molecule has 5 heteroatoms. The van der Waals surface area contributed by atoms with Crippen LogP contribution in [-0.2, 0) is 37.3 Å². The molecule has 0 saturated carbocycles. The van der Waals surface area contributed by atoms with Gasteiger partial charge in [0, 0.05) is 52.2 Å². The summed E-state index contributed by atoms with van der Waals surface area (Å²) < 4.78 is 20.4. The van der Waals surface area contributed by atoms with Crippen molar-refractivity contribution in [2.45, 2.75) is 111 Å². The van der Waals surface area contributed by atoms with Crippen molar-refractivity contribution >= 4 is 11.0 Å². The Kier molecular flexibility index (Phi) is 11.9. The van der Waals surface area contributed by atoms with E-state index in [0.29, 0.717) is 11.4 Å². The Bertz CT molecular complexity index is 3540. The first-order valence-corrected chi connectivity index (χ1v) is 24.3. The smallest absolute Gasteiger partial charge is 0.148 e. The zero-order valence-corrected chi connectivity index (χ0v) is 44.8. The molecule has 3 heterocycles. The van der Waals surface area contributed by atoms with Gasteiger partial charge in [-0.25, -0.2) is 4.98 Å². The number of nitrogens with zero attached hydrogens (tertiary/aromatic N) is 3. The number of phenolic OH excluding ortho intramolecular Hbond substituents is 1. The van der Waals surface area contributed by atoms with E-state index in [2.05, 4.69) is 187 Å². The van der Waals surface area contributed by atoms with Gasteiger partial charge in [-0.2, -0.15) is 0 Å². The molecule has 7 aromatic carbocycles. The van der Waals surface area contributed by atoms with Gasteiger partial charge in [0.05, 0.1) is 22.3 Å². The molecule has 0 saturated heterocycles. The van der Waals surface area contributed by atoms with E-state index in [1.54, 1.807) is 0 Å². The van der Waals surface area contributed by atoms with Gasteiger partial charge >= 0.3 is 0 Å². The molecule has 0 amide bonds. The minimum atomic E-state index is -0.943. The molecule has 10 rings (SSSR count). The van der Waals surface area contributed by atoms with Crippen LogP contribution >= 0.6 is 0 Å². The van der Waals surface area contributed by atoms with E-state index in [-0.39, 0.29) is 32.2 Å². The number of para-hydroxylation sites is 1. The van der Waals surface area contributed by atoms with Crippen molar-refractivity contribution in [2.24, 2.45) is 0 Å². The van der Waals surface area contributed by atoms with Crippen molar-refractivity contribution in [1.82, 2.24) is 14.5 Å². The monoisotopic (exact) mass is 1100 g/mol. The Morgan fingerprint density at radius 2 is 1.30 bits per heavy atom. The average Bonchev–Trinajstić information content (AvgIpc) is 3.72. The SMILES string of the molecule is [2H]C(C)(C)c1ccc(-c2ccnc(-c3[c-]c(-c4cccc5c4nc4n5-c5cc(c(C([2H])(C)C)cc5-c5ccccc5)-c5cccc(c5)C(C)(C)c5cc-4c(O)c(C(C)(C)C)c5)cc(C(C)(C)C)c3)c2)cc1.[Pt]. The number of benzene rings is 7. The predicted molar refractivity (Wildman–Crippen MR) is 290 cm³/mol. The molecular weight excluding hydrogens is 1030 g/mol. The van der Waals surface area contributed by atoms with E-state index in [4.69, 9.17) is 11.3 Å². The summed E-state index contributed by atoms with van der Waals surface area (Å²) in [5.74, 6) is -0.798. The van der Waals surface area contributed by atoms with Crippen molar-refractivity contribution in [3.8, 4) is 78.6 Å². The van der Waals surface area contributed by atoms with Crippen LogP contribution in [0, 0.1) is 6.07 Å². The quantitative estimate of drug-likeness (QED) is 0.169. The summed E-state index contributed by atoms with van der Waals surface area (Å²) >= 11 is 0. The number of aromatic nitrogens is 3. The minimum Gasteiger partial charge on any atom is -0.507 e. The molecule has 0 aliphatic carbocycles. The van der Waals surface area contributed by atoms with Crippen LogP contribution in [0.3, 0.4) is 0 Å². The van der Waals surface area contributed by atoms with Gasteiger partial charge in [-0.3, -0.25) is 9.55 Å².